The molecule has 2 aliphatic rings. The number of phenolic OH excluding ortho intramolecular Hbond substituents is 1. The van der Waals surface area contributed by atoms with Crippen LogP contribution in [0.2, 0.25) is 0 Å². The Balaban J connectivity index is 1.99. The van der Waals surface area contributed by atoms with Crippen LogP contribution in [-0.2, 0) is 4.79 Å². The highest BCUT2D eigenvalue weighted by Gasteiger charge is 2.43. The fourth-order valence-corrected chi connectivity index (χ4v) is 4.07. The van der Waals surface area contributed by atoms with E-state index in [9.17, 15) is 14.7 Å². The molecule has 4 rings (SSSR count). The molecule has 1 aromatic heterocycles. The number of Topliss-reactive ketones (excluding diaryl/α,β-unsaturated/α-hetero) is 1. The van der Waals surface area contributed by atoms with Crippen molar-refractivity contribution in [2.24, 2.45) is 5.41 Å². The fraction of sp³-hybridized carbons (Fsp3) is 0.368. The molecule has 1 atom stereocenters. The van der Waals surface area contributed by atoms with Crippen LogP contribution >= 0.6 is 0 Å². The van der Waals surface area contributed by atoms with Crippen LogP contribution in [0.4, 0.5) is 5.82 Å². The lowest BCUT2D eigenvalue weighted by molar-refractivity contribution is -0.118. The van der Waals surface area contributed by atoms with Gasteiger partial charge in [-0.15, -0.1) is 0 Å². The number of anilines is 1. The van der Waals surface area contributed by atoms with E-state index >= 15 is 0 Å². The third kappa shape index (κ3) is 2.34. The fourth-order valence-electron chi connectivity index (χ4n) is 4.07. The van der Waals surface area contributed by atoms with Gasteiger partial charge >= 0.3 is 0 Å². The molecular weight excluding hydrogens is 334 g/mol. The molecule has 2 aromatic rings. The molecule has 136 valence electrons. The monoisotopic (exact) mass is 355 g/mol. The highest BCUT2D eigenvalue weighted by molar-refractivity contribution is 6.01. The SMILES string of the molecule is COc1cccc(C2C3=C(CC(C)(C)CC3=O)Nc3[nH][nH]c(=O)c32)c1O. The average molecular weight is 355 g/mol. The number of benzene rings is 1. The van der Waals surface area contributed by atoms with Crippen LogP contribution in [0, 0.1) is 5.41 Å². The minimum Gasteiger partial charge on any atom is -0.504 e. The standard InChI is InChI=1S/C19H21N3O4/c1-19(2)7-10-14(11(23)8-19)13(15-17(20-10)21-22-18(15)25)9-5-4-6-12(26-3)16(9)24/h4-6,13,24H,7-8H2,1-3H3,(H3,20,21,22,25). The normalized spacial score (nSPS) is 21.0. The first-order chi connectivity index (χ1) is 12.3. The number of para-hydroxylation sites is 1. The number of rotatable bonds is 2. The number of ketones is 1. The number of fused-ring (bicyclic) bond motifs is 1. The highest BCUT2D eigenvalue weighted by Crippen LogP contribution is 2.50. The predicted octanol–water partition coefficient (Wildman–Crippen LogP) is 2.62. The van der Waals surface area contributed by atoms with Gasteiger partial charge in [0, 0.05) is 23.3 Å². The second kappa shape index (κ2) is 5.52. The number of ether oxygens (including phenoxy) is 1. The molecule has 1 unspecified atom stereocenters. The van der Waals surface area contributed by atoms with Crippen LogP contribution in [0.5, 0.6) is 11.5 Å². The molecule has 0 saturated heterocycles. The van der Waals surface area contributed by atoms with Gasteiger partial charge in [-0.3, -0.25) is 19.8 Å². The number of aromatic hydroxyl groups is 1. The maximum atomic E-state index is 13.0. The quantitative estimate of drug-likeness (QED) is 0.662. The first-order valence-corrected chi connectivity index (χ1v) is 8.52. The summed E-state index contributed by atoms with van der Waals surface area (Å²) in [5.41, 5.74) is 1.74. The van der Waals surface area contributed by atoms with Crippen LogP contribution in [0.25, 0.3) is 0 Å². The minimum absolute atomic E-state index is 0.0118. The summed E-state index contributed by atoms with van der Waals surface area (Å²) in [6, 6.07) is 5.11. The molecule has 0 saturated carbocycles. The number of methoxy groups -OCH3 is 1. The van der Waals surface area contributed by atoms with E-state index in [-0.39, 0.29) is 22.5 Å². The molecule has 26 heavy (non-hydrogen) atoms. The number of carbonyl (C=O) groups excluding carboxylic acids is 1. The summed E-state index contributed by atoms with van der Waals surface area (Å²) in [6.07, 6.45) is 1.08. The average Bonchev–Trinajstić information content (AvgIpc) is 2.93. The van der Waals surface area contributed by atoms with Crippen molar-refractivity contribution in [1.29, 1.82) is 0 Å². The van der Waals surface area contributed by atoms with Crippen molar-refractivity contribution in [3.8, 4) is 11.5 Å². The molecule has 0 radical (unpaired) electrons. The molecule has 2 heterocycles. The summed E-state index contributed by atoms with van der Waals surface area (Å²) in [4.78, 5) is 25.5. The number of phenols is 1. The second-order valence-corrected chi connectivity index (χ2v) is 7.66. The lowest BCUT2D eigenvalue weighted by Gasteiger charge is -2.38. The van der Waals surface area contributed by atoms with Crippen LogP contribution in [-0.4, -0.2) is 28.2 Å². The Morgan fingerprint density at radius 1 is 1.19 bits per heavy atom. The van der Waals surface area contributed by atoms with Gasteiger partial charge in [0.1, 0.15) is 5.82 Å². The number of hydrogen-bond donors (Lipinski definition) is 4. The maximum absolute atomic E-state index is 13.0. The Hall–Kier alpha value is -2.96. The van der Waals surface area contributed by atoms with E-state index in [0.29, 0.717) is 41.1 Å². The first-order valence-electron chi connectivity index (χ1n) is 8.52. The minimum atomic E-state index is -0.644. The molecule has 4 N–H and O–H groups in total. The Kier molecular flexibility index (Phi) is 3.50. The van der Waals surface area contributed by atoms with Gasteiger partial charge in [-0.1, -0.05) is 26.0 Å². The number of hydrogen-bond acceptors (Lipinski definition) is 5. The summed E-state index contributed by atoms with van der Waals surface area (Å²) in [7, 11) is 1.47. The van der Waals surface area contributed by atoms with Crippen molar-refractivity contribution in [3.63, 3.8) is 0 Å². The van der Waals surface area contributed by atoms with Gasteiger partial charge in [-0.25, -0.2) is 0 Å². The number of carbonyl (C=O) groups is 1. The molecule has 7 heteroatoms. The number of allylic oxidation sites excluding steroid dienone is 2. The second-order valence-electron chi connectivity index (χ2n) is 7.66. The van der Waals surface area contributed by atoms with Crippen molar-refractivity contribution < 1.29 is 14.6 Å². The summed E-state index contributed by atoms with van der Waals surface area (Å²) < 4.78 is 5.21. The maximum Gasteiger partial charge on any atom is 0.270 e. The van der Waals surface area contributed by atoms with E-state index in [0.717, 1.165) is 5.70 Å². The summed E-state index contributed by atoms with van der Waals surface area (Å²) in [5.74, 6) is 0.127. The molecule has 0 bridgehead atoms. The molecule has 0 fully saturated rings. The Morgan fingerprint density at radius 3 is 2.69 bits per heavy atom. The van der Waals surface area contributed by atoms with E-state index in [2.05, 4.69) is 15.5 Å². The lowest BCUT2D eigenvalue weighted by Crippen LogP contribution is -2.35. The largest absolute Gasteiger partial charge is 0.504 e. The third-order valence-electron chi connectivity index (χ3n) is 5.15. The van der Waals surface area contributed by atoms with Gasteiger partial charge < -0.3 is 15.2 Å². The molecule has 1 aromatic carbocycles. The summed E-state index contributed by atoms with van der Waals surface area (Å²) >= 11 is 0. The van der Waals surface area contributed by atoms with Gasteiger partial charge in [-0.05, 0) is 17.9 Å². The van der Waals surface area contributed by atoms with Crippen molar-refractivity contribution in [3.05, 3.63) is 50.9 Å². The van der Waals surface area contributed by atoms with E-state index < -0.39 is 5.92 Å². The summed E-state index contributed by atoms with van der Waals surface area (Å²) in [6.45, 7) is 4.09. The third-order valence-corrected chi connectivity index (χ3v) is 5.15. The van der Waals surface area contributed by atoms with Crippen LogP contribution < -0.4 is 15.6 Å². The molecule has 1 aliphatic carbocycles. The molecule has 0 spiro atoms. The topological polar surface area (TPSA) is 107 Å². The molecule has 0 amide bonds. The lowest BCUT2D eigenvalue weighted by atomic mass is 9.69. The smallest absolute Gasteiger partial charge is 0.270 e. The predicted molar refractivity (Wildman–Crippen MR) is 96.6 cm³/mol. The van der Waals surface area contributed by atoms with Gasteiger partial charge in [0.25, 0.3) is 5.56 Å². The molecule has 7 nitrogen and oxygen atoms in total. The molecular formula is C19H21N3O4. The van der Waals surface area contributed by atoms with E-state index in [4.69, 9.17) is 4.74 Å². The van der Waals surface area contributed by atoms with E-state index in [1.54, 1.807) is 18.2 Å². The highest BCUT2D eigenvalue weighted by atomic mass is 16.5. The number of aromatic nitrogens is 2. The van der Waals surface area contributed by atoms with Crippen LogP contribution in [0.15, 0.2) is 34.3 Å². The van der Waals surface area contributed by atoms with Gasteiger partial charge in [0.05, 0.1) is 18.6 Å². The van der Waals surface area contributed by atoms with E-state index in [1.165, 1.54) is 7.11 Å². The van der Waals surface area contributed by atoms with Gasteiger partial charge in [-0.2, -0.15) is 0 Å². The zero-order valence-corrected chi connectivity index (χ0v) is 14.9. The number of nitrogens with one attached hydrogen (secondary N) is 3. The Labute approximate surface area is 150 Å². The van der Waals surface area contributed by atoms with Crippen LogP contribution in [0.1, 0.15) is 43.7 Å². The first kappa shape index (κ1) is 16.5. The van der Waals surface area contributed by atoms with Crippen molar-refractivity contribution in [1.82, 2.24) is 10.2 Å². The molecule has 1 aliphatic heterocycles. The van der Waals surface area contributed by atoms with Gasteiger partial charge in [0.15, 0.2) is 17.3 Å². The van der Waals surface area contributed by atoms with Crippen molar-refractivity contribution >= 4 is 11.6 Å². The van der Waals surface area contributed by atoms with Crippen LogP contribution in [0.3, 0.4) is 0 Å². The number of aromatic amines is 2. The number of H-pyrrole nitrogens is 2. The zero-order chi connectivity index (χ0) is 18.6. The summed E-state index contributed by atoms with van der Waals surface area (Å²) in [5, 5.41) is 19.3. The zero-order valence-electron chi connectivity index (χ0n) is 14.9. The Morgan fingerprint density at radius 2 is 1.96 bits per heavy atom. The van der Waals surface area contributed by atoms with Gasteiger partial charge in [0.2, 0.25) is 0 Å². The van der Waals surface area contributed by atoms with Crippen molar-refractivity contribution in [2.75, 3.05) is 12.4 Å². The Bertz CT molecular complexity index is 996. The van der Waals surface area contributed by atoms with Crippen molar-refractivity contribution in [2.45, 2.75) is 32.6 Å². The van der Waals surface area contributed by atoms with E-state index in [1.807, 2.05) is 13.8 Å².